The number of methoxy groups -OCH3 is 1. The number of hydrogen-bond acceptors (Lipinski definition) is 4. The van der Waals surface area contributed by atoms with Crippen molar-refractivity contribution in [2.75, 3.05) is 13.7 Å². The molecule has 0 heterocycles. The molecule has 0 aliphatic heterocycles. The number of carbonyl (C=O) groups excluding carboxylic acids is 2. The first-order valence-electron chi connectivity index (χ1n) is 13.5. The number of carboxylic acid groups (broad SMARTS) is 1. The van der Waals surface area contributed by atoms with Crippen LogP contribution in [0.3, 0.4) is 0 Å². The molecule has 2 N–H and O–H groups in total. The largest absolute Gasteiger partial charge is 0.497 e. The topological polar surface area (TPSA) is 95.9 Å². The van der Waals surface area contributed by atoms with E-state index < -0.39 is 5.97 Å². The molecule has 0 bridgehead atoms. The zero-order chi connectivity index (χ0) is 29.4. The third kappa shape index (κ3) is 7.39. The van der Waals surface area contributed by atoms with Gasteiger partial charge in [0.2, 0.25) is 0 Å². The summed E-state index contributed by atoms with van der Waals surface area (Å²) in [6.07, 6.45) is -0.194. The maximum Gasteiger partial charge on any atom is 0.305 e. The molecule has 2 amide bonds. The smallest absolute Gasteiger partial charge is 0.305 e. The Kier molecular flexibility index (Phi) is 9.53. The molecule has 0 unspecified atom stereocenters. The van der Waals surface area contributed by atoms with Crippen molar-refractivity contribution >= 4 is 17.8 Å². The second kappa shape index (κ2) is 13.4. The number of nitrogens with zero attached hydrogens (tertiary/aromatic N) is 1. The van der Waals surface area contributed by atoms with Crippen LogP contribution in [0.25, 0.3) is 11.1 Å². The molecule has 7 heteroatoms. The lowest BCUT2D eigenvalue weighted by molar-refractivity contribution is -0.137. The summed E-state index contributed by atoms with van der Waals surface area (Å²) in [6, 6.07) is 29.4. The van der Waals surface area contributed by atoms with E-state index in [9.17, 15) is 19.5 Å². The minimum Gasteiger partial charge on any atom is -0.497 e. The van der Waals surface area contributed by atoms with Gasteiger partial charge in [-0.25, -0.2) is 0 Å². The molecule has 0 aliphatic rings. The Hall–Kier alpha value is -4.91. The third-order valence-corrected chi connectivity index (χ3v) is 6.96. The molecule has 4 aromatic carbocycles. The summed E-state index contributed by atoms with van der Waals surface area (Å²) in [7, 11) is 1.58. The molecule has 4 rings (SSSR count). The highest BCUT2D eigenvalue weighted by Gasteiger charge is 2.23. The lowest BCUT2D eigenvalue weighted by Crippen LogP contribution is -2.33. The monoisotopic (exact) mass is 550 g/mol. The number of hydrogen-bond donors (Lipinski definition) is 2. The normalized spacial score (nSPS) is 11.4. The molecule has 0 aliphatic carbocycles. The van der Waals surface area contributed by atoms with Gasteiger partial charge >= 0.3 is 5.97 Å². The van der Waals surface area contributed by atoms with Gasteiger partial charge in [0.25, 0.3) is 11.8 Å². The summed E-state index contributed by atoms with van der Waals surface area (Å²) in [4.78, 5) is 40.4. The van der Waals surface area contributed by atoms with Gasteiger partial charge in [-0.2, -0.15) is 0 Å². The molecule has 4 aromatic rings. The highest BCUT2D eigenvalue weighted by molar-refractivity contribution is 6.06. The second-order valence-corrected chi connectivity index (χ2v) is 9.92. The van der Waals surface area contributed by atoms with E-state index in [1.807, 2.05) is 74.5 Å². The van der Waals surface area contributed by atoms with Crippen LogP contribution in [0.1, 0.15) is 56.8 Å². The molecule has 7 nitrogen and oxygen atoms in total. The van der Waals surface area contributed by atoms with E-state index in [4.69, 9.17) is 4.74 Å². The summed E-state index contributed by atoms with van der Waals surface area (Å²) in [6.45, 7) is 4.20. The Balaban J connectivity index is 1.65. The van der Waals surface area contributed by atoms with E-state index in [-0.39, 0.29) is 37.4 Å². The predicted molar refractivity (Wildman–Crippen MR) is 159 cm³/mol. The highest BCUT2D eigenvalue weighted by atomic mass is 16.5. The van der Waals surface area contributed by atoms with Crippen LogP contribution in [0.5, 0.6) is 5.75 Å². The van der Waals surface area contributed by atoms with Gasteiger partial charge in [0.15, 0.2) is 0 Å². The summed E-state index contributed by atoms with van der Waals surface area (Å²) in [5.41, 5.74) is 5.02. The zero-order valence-corrected chi connectivity index (χ0v) is 23.5. The first kappa shape index (κ1) is 29.1. The fraction of sp³-hybridized carbons (Fsp3) is 0.206. The average Bonchev–Trinajstić information content (AvgIpc) is 2.99. The summed E-state index contributed by atoms with van der Waals surface area (Å²) in [5, 5.41) is 12.4. The van der Waals surface area contributed by atoms with Crippen molar-refractivity contribution in [3.8, 4) is 16.9 Å². The van der Waals surface area contributed by atoms with Crippen molar-refractivity contribution < 1.29 is 24.2 Å². The first-order chi connectivity index (χ1) is 19.8. The number of rotatable bonds is 11. The molecule has 0 spiro atoms. The van der Waals surface area contributed by atoms with Crippen molar-refractivity contribution in [1.82, 2.24) is 10.2 Å². The predicted octanol–water partition coefficient (Wildman–Crippen LogP) is 6.28. The van der Waals surface area contributed by atoms with Crippen molar-refractivity contribution in [3.05, 3.63) is 125 Å². The van der Waals surface area contributed by atoms with Crippen molar-refractivity contribution in [2.24, 2.45) is 0 Å². The molecule has 0 radical (unpaired) electrons. The number of nitrogens with one attached hydrogen (secondary N) is 1. The van der Waals surface area contributed by atoms with Crippen LogP contribution in [0.2, 0.25) is 0 Å². The fourth-order valence-corrected chi connectivity index (χ4v) is 4.64. The van der Waals surface area contributed by atoms with Crippen LogP contribution < -0.4 is 10.1 Å². The van der Waals surface area contributed by atoms with Gasteiger partial charge in [-0.3, -0.25) is 14.4 Å². The number of carbonyl (C=O) groups is 3. The molecular formula is C34H34N2O5. The number of carboxylic acids is 1. The van der Waals surface area contributed by atoms with Gasteiger partial charge in [-0.1, -0.05) is 78.4 Å². The number of aryl methyl sites for hydroxylation is 1. The number of benzene rings is 4. The molecule has 0 saturated heterocycles. The van der Waals surface area contributed by atoms with Crippen LogP contribution in [0, 0.1) is 6.92 Å². The SMILES string of the molecule is COc1ccc(CN(CCC(=O)O)C(=O)c2ccccc2-c2ccccc2C(=O)N[C@H](C)c2ccc(C)cc2)cc1. The van der Waals surface area contributed by atoms with Crippen molar-refractivity contribution in [3.63, 3.8) is 0 Å². The van der Waals surface area contributed by atoms with Gasteiger partial charge in [-0.15, -0.1) is 0 Å². The van der Waals surface area contributed by atoms with E-state index >= 15 is 0 Å². The number of amides is 2. The van der Waals surface area contributed by atoms with Crippen LogP contribution in [-0.4, -0.2) is 41.4 Å². The maximum absolute atomic E-state index is 14.0. The van der Waals surface area contributed by atoms with Crippen LogP contribution in [-0.2, 0) is 11.3 Å². The molecule has 41 heavy (non-hydrogen) atoms. The lowest BCUT2D eigenvalue weighted by atomic mass is 9.94. The summed E-state index contributed by atoms with van der Waals surface area (Å²) >= 11 is 0. The lowest BCUT2D eigenvalue weighted by Gasteiger charge is -2.24. The van der Waals surface area contributed by atoms with Crippen molar-refractivity contribution in [2.45, 2.75) is 32.9 Å². The summed E-state index contributed by atoms with van der Waals surface area (Å²) < 4.78 is 5.23. The zero-order valence-electron chi connectivity index (χ0n) is 23.5. The van der Waals surface area contributed by atoms with Crippen LogP contribution in [0.15, 0.2) is 97.1 Å². The minimum absolute atomic E-state index is 0.0325. The van der Waals surface area contributed by atoms with Crippen LogP contribution >= 0.6 is 0 Å². The van der Waals surface area contributed by atoms with E-state index in [0.717, 1.165) is 16.7 Å². The minimum atomic E-state index is -0.990. The Labute approximate surface area is 240 Å². The molecule has 210 valence electrons. The number of aliphatic carboxylic acids is 1. The second-order valence-electron chi connectivity index (χ2n) is 9.92. The molecule has 0 saturated carbocycles. The van der Waals surface area contributed by atoms with E-state index in [0.29, 0.717) is 28.0 Å². The van der Waals surface area contributed by atoms with E-state index in [1.54, 1.807) is 43.5 Å². The Bertz CT molecular complexity index is 1510. The third-order valence-electron chi connectivity index (χ3n) is 6.96. The highest BCUT2D eigenvalue weighted by Crippen LogP contribution is 2.29. The fourth-order valence-electron chi connectivity index (χ4n) is 4.64. The quantitative estimate of drug-likeness (QED) is 0.229. The molecule has 1 atom stereocenters. The van der Waals surface area contributed by atoms with E-state index in [2.05, 4.69) is 5.32 Å². The summed E-state index contributed by atoms with van der Waals surface area (Å²) in [5.74, 6) is -0.873. The van der Waals surface area contributed by atoms with E-state index in [1.165, 1.54) is 4.90 Å². The molecule has 0 fully saturated rings. The van der Waals surface area contributed by atoms with Gasteiger partial charge in [-0.05, 0) is 60.4 Å². The van der Waals surface area contributed by atoms with Crippen molar-refractivity contribution in [1.29, 1.82) is 0 Å². The Morgan fingerprint density at radius 3 is 2.02 bits per heavy atom. The van der Waals surface area contributed by atoms with Gasteiger partial charge in [0, 0.05) is 24.2 Å². The molecule has 0 aromatic heterocycles. The standard InChI is InChI=1S/C34H34N2O5/c1-23-12-16-26(17-13-23)24(2)35-33(39)30-10-6-4-8-28(30)29-9-5-7-11-31(29)34(40)36(21-20-32(37)38)22-25-14-18-27(41-3)19-15-25/h4-19,24H,20-22H2,1-3H3,(H,35,39)(H,37,38)/t24-/m1/s1. The maximum atomic E-state index is 14.0. The Morgan fingerprint density at radius 2 is 1.41 bits per heavy atom. The van der Waals surface area contributed by atoms with Crippen LogP contribution in [0.4, 0.5) is 0 Å². The average molecular weight is 551 g/mol. The Morgan fingerprint density at radius 1 is 0.829 bits per heavy atom. The first-order valence-corrected chi connectivity index (χ1v) is 13.5. The van der Waals surface area contributed by atoms with Gasteiger partial charge < -0.3 is 20.1 Å². The number of ether oxygens (including phenoxy) is 1. The van der Waals surface area contributed by atoms with Gasteiger partial charge in [0.1, 0.15) is 5.75 Å². The molecular weight excluding hydrogens is 516 g/mol. The van der Waals surface area contributed by atoms with Gasteiger partial charge in [0.05, 0.1) is 19.6 Å².